The van der Waals surface area contributed by atoms with E-state index in [1.807, 2.05) is 42.5 Å². The van der Waals surface area contributed by atoms with Crippen LogP contribution in [0.5, 0.6) is 0 Å². The molecule has 2 aromatic carbocycles. The van der Waals surface area contributed by atoms with Gasteiger partial charge in [0.25, 0.3) is 0 Å². The monoisotopic (exact) mass is 220 g/mol. The van der Waals surface area contributed by atoms with Crippen molar-refractivity contribution >= 4 is 21.9 Å². The molecule has 15 heavy (non-hydrogen) atoms. The van der Waals surface area contributed by atoms with Crippen LogP contribution >= 0.6 is 0 Å². The van der Waals surface area contributed by atoms with Gasteiger partial charge in [-0.05, 0) is 23.3 Å². The Balaban J connectivity index is 2.65. The van der Waals surface area contributed by atoms with Gasteiger partial charge in [-0.3, -0.25) is 0 Å². The molecule has 2 rings (SSSR count). The second-order valence-electron chi connectivity index (χ2n) is 3.49. The van der Waals surface area contributed by atoms with Gasteiger partial charge in [0.2, 0.25) is 0 Å². The third kappa shape index (κ3) is 1.94. The molecule has 0 amide bonds. The molecule has 0 heterocycles. The zero-order valence-electron chi connectivity index (χ0n) is 8.38. The van der Waals surface area contributed by atoms with Crippen LogP contribution in [0.4, 0.5) is 0 Å². The number of fused-ring (bicyclic) bond motifs is 1. The SMILES string of the molecule is CC(c1cccc2ccccc12)S(=O)O. The highest BCUT2D eigenvalue weighted by Crippen LogP contribution is 2.26. The Bertz CT molecular complexity index is 502. The Morgan fingerprint density at radius 1 is 1.13 bits per heavy atom. The maximum atomic E-state index is 11.1. The van der Waals surface area contributed by atoms with E-state index in [0.717, 1.165) is 16.3 Å². The molecule has 0 radical (unpaired) electrons. The number of rotatable bonds is 2. The first-order valence-electron chi connectivity index (χ1n) is 4.77. The quantitative estimate of drug-likeness (QED) is 0.789. The van der Waals surface area contributed by atoms with Crippen LogP contribution in [-0.2, 0) is 11.1 Å². The van der Waals surface area contributed by atoms with Crippen LogP contribution in [0, 0.1) is 0 Å². The van der Waals surface area contributed by atoms with E-state index in [1.54, 1.807) is 6.92 Å². The standard InChI is InChI=1S/C12H12O2S/c1-9(15(13)14)11-8-4-6-10-5-2-3-7-12(10)11/h2-9H,1H3,(H,13,14). The maximum Gasteiger partial charge on any atom is 0.160 e. The molecule has 0 saturated carbocycles. The fourth-order valence-electron chi connectivity index (χ4n) is 1.71. The summed E-state index contributed by atoms with van der Waals surface area (Å²) in [5.74, 6) is 0. The summed E-state index contributed by atoms with van der Waals surface area (Å²) in [4.78, 5) is 0. The highest BCUT2D eigenvalue weighted by molar-refractivity contribution is 7.79. The molecule has 3 heteroatoms. The van der Waals surface area contributed by atoms with Crippen LogP contribution in [0.25, 0.3) is 10.8 Å². The molecule has 78 valence electrons. The number of hydrogen-bond acceptors (Lipinski definition) is 1. The van der Waals surface area contributed by atoms with E-state index < -0.39 is 11.1 Å². The zero-order chi connectivity index (χ0) is 10.8. The second kappa shape index (κ2) is 4.13. The van der Waals surface area contributed by atoms with Gasteiger partial charge in [-0.2, -0.15) is 0 Å². The smallest absolute Gasteiger partial charge is 0.160 e. The van der Waals surface area contributed by atoms with Gasteiger partial charge in [0, 0.05) is 0 Å². The van der Waals surface area contributed by atoms with Gasteiger partial charge >= 0.3 is 0 Å². The molecule has 0 saturated heterocycles. The summed E-state index contributed by atoms with van der Waals surface area (Å²) in [7, 11) is 0. The summed E-state index contributed by atoms with van der Waals surface area (Å²) >= 11 is -1.82. The van der Waals surface area contributed by atoms with Gasteiger partial charge in [0.15, 0.2) is 11.1 Å². The van der Waals surface area contributed by atoms with Crippen LogP contribution in [-0.4, -0.2) is 8.76 Å². The molecule has 0 aliphatic heterocycles. The second-order valence-corrected chi connectivity index (χ2v) is 4.75. The van der Waals surface area contributed by atoms with Crippen LogP contribution in [0.15, 0.2) is 42.5 Å². The Morgan fingerprint density at radius 2 is 1.80 bits per heavy atom. The Hall–Kier alpha value is -1.19. The number of benzene rings is 2. The van der Waals surface area contributed by atoms with E-state index in [0.29, 0.717) is 0 Å². The average Bonchev–Trinajstić information content (AvgIpc) is 2.27. The van der Waals surface area contributed by atoms with Crippen molar-refractivity contribution in [3.8, 4) is 0 Å². The maximum absolute atomic E-state index is 11.1. The third-order valence-corrected chi connectivity index (χ3v) is 3.42. The lowest BCUT2D eigenvalue weighted by Gasteiger charge is -2.10. The summed E-state index contributed by atoms with van der Waals surface area (Å²) < 4.78 is 20.2. The molecule has 0 spiro atoms. The fraction of sp³-hybridized carbons (Fsp3) is 0.167. The van der Waals surface area contributed by atoms with Crippen molar-refractivity contribution in [3.05, 3.63) is 48.0 Å². The van der Waals surface area contributed by atoms with Crippen LogP contribution < -0.4 is 0 Å². The van der Waals surface area contributed by atoms with Gasteiger partial charge in [-0.1, -0.05) is 42.5 Å². The van der Waals surface area contributed by atoms with Gasteiger partial charge < -0.3 is 4.55 Å². The molecule has 0 aromatic heterocycles. The van der Waals surface area contributed by atoms with E-state index >= 15 is 0 Å². The van der Waals surface area contributed by atoms with Crippen molar-refractivity contribution in [1.29, 1.82) is 0 Å². The molecule has 0 aliphatic carbocycles. The van der Waals surface area contributed by atoms with Crippen molar-refractivity contribution in [2.75, 3.05) is 0 Å². The summed E-state index contributed by atoms with van der Waals surface area (Å²) in [6.07, 6.45) is 0. The normalized spacial score (nSPS) is 15.1. The third-order valence-electron chi connectivity index (χ3n) is 2.56. The van der Waals surface area contributed by atoms with Crippen molar-refractivity contribution < 1.29 is 8.76 Å². The Morgan fingerprint density at radius 3 is 2.53 bits per heavy atom. The minimum Gasteiger partial charge on any atom is -0.306 e. The summed E-state index contributed by atoms with van der Waals surface area (Å²) in [5, 5.41) is 1.80. The van der Waals surface area contributed by atoms with Crippen LogP contribution in [0.3, 0.4) is 0 Å². The lowest BCUT2D eigenvalue weighted by molar-refractivity contribution is 0.554. The van der Waals surface area contributed by atoms with Crippen molar-refractivity contribution in [2.45, 2.75) is 12.2 Å². The van der Waals surface area contributed by atoms with E-state index in [2.05, 4.69) is 0 Å². The first-order valence-corrected chi connectivity index (χ1v) is 5.94. The minimum absolute atomic E-state index is 0.351. The summed E-state index contributed by atoms with van der Waals surface area (Å²) in [5.41, 5.74) is 0.925. The molecule has 2 aromatic rings. The summed E-state index contributed by atoms with van der Waals surface area (Å²) in [6.45, 7) is 1.76. The van der Waals surface area contributed by atoms with E-state index in [-0.39, 0.29) is 5.25 Å². The molecule has 0 bridgehead atoms. The summed E-state index contributed by atoms with van der Waals surface area (Å²) in [6, 6.07) is 13.7. The van der Waals surface area contributed by atoms with Gasteiger partial charge in [0.05, 0.1) is 5.25 Å². The van der Waals surface area contributed by atoms with Crippen molar-refractivity contribution in [3.63, 3.8) is 0 Å². The largest absolute Gasteiger partial charge is 0.306 e. The predicted molar refractivity (Wildman–Crippen MR) is 63.1 cm³/mol. The van der Waals surface area contributed by atoms with E-state index in [1.165, 1.54) is 0 Å². The van der Waals surface area contributed by atoms with E-state index in [9.17, 15) is 4.21 Å². The van der Waals surface area contributed by atoms with Gasteiger partial charge in [-0.25, -0.2) is 4.21 Å². The van der Waals surface area contributed by atoms with Gasteiger partial charge in [-0.15, -0.1) is 0 Å². The molecular weight excluding hydrogens is 208 g/mol. The van der Waals surface area contributed by atoms with Crippen molar-refractivity contribution in [2.24, 2.45) is 0 Å². The molecule has 2 unspecified atom stereocenters. The van der Waals surface area contributed by atoms with Crippen molar-refractivity contribution in [1.82, 2.24) is 0 Å². The molecule has 2 atom stereocenters. The van der Waals surface area contributed by atoms with E-state index in [4.69, 9.17) is 4.55 Å². The first-order chi connectivity index (χ1) is 7.20. The molecule has 2 nitrogen and oxygen atoms in total. The van der Waals surface area contributed by atoms with Gasteiger partial charge in [0.1, 0.15) is 0 Å². The van der Waals surface area contributed by atoms with Crippen LogP contribution in [0.1, 0.15) is 17.7 Å². The average molecular weight is 220 g/mol. The Kier molecular flexibility index (Phi) is 2.84. The minimum atomic E-state index is -1.82. The lowest BCUT2D eigenvalue weighted by Crippen LogP contribution is -2.01. The Labute approximate surface area is 91.2 Å². The fourth-order valence-corrected chi connectivity index (χ4v) is 2.14. The molecular formula is C12H12O2S. The molecule has 1 N–H and O–H groups in total. The predicted octanol–water partition coefficient (Wildman–Crippen LogP) is 3.12. The highest BCUT2D eigenvalue weighted by Gasteiger charge is 2.13. The molecule has 0 fully saturated rings. The zero-order valence-corrected chi connectivity index (χ0v) is 9.20. The first kappa shape index (κ1) is 10.3. The lowest BCUT2D eigenvalue weighted by atomic mass is 10.0. The number of hydrogen-bond donors (Lipinski definition) is 1. The molecule has 0 aliphatic rings. The van der Waals surface area contributed by atoms with Crippen LogP contribution in [0.2, 0.25) is 0 Å². The topological polar surface area (TPSA) is 37.3 Å². The highest BCUT2D eigenvalue weighted by atomic mass is 32.2.